The zero-order valence-corrected chi connectivity index (χ0v) is 9.07. The summed E-state index contributed by atoms with van der Waals surface area (Å²) in [6, 6.07) is 9.40. The molecule has 0 aliphatic rings. The fourth-order valence-corrected chi connectivity index (χ4v) is 1.57. The molecular formula is C9H13O4P. The topological polar surface area (TPSA) is 44.8 Å². The van der Waals surface area contributed by atoms with Crippen LogP contribution in [0.3, 0.4) is 0 Å². The normalized spacial score (nSPS) is 11.6. The van der Waals surface area contributed by atoms with E-state index in [4.69, 9.17) is 4.52 Å². The van der Waals surface area contributed by atoms with Crippen LogP contribution in [0.4, 0.5) is 0 Å². The molecule has 0 spiro atoms. The molecule has 0 radical (unpaired) electrons. The van der Waals surface area contributed by atoms with Crippen LogP contribution in [0.1, 0.15) is 5.56 Å². The first-order valence-corrected chi connectivity index (χ1v) is 5.56. The average molecular weight is 216 g/mol. The molecule has 0 heterocycles. The highest BCUT2D eigenvalue weighted by atomic mass is 31.2. The summed E-state index contributed by atoms with van der Waals surface area (Å²) in [7, 11) is -0.773. The zero-order chi connectivity index (χ0) is 10.4. The van der Waals surface area contributed by atoms with Crippen molar-refractivity contribution in [1.82, 2.24) is 0 Å². The Hall–Kier alpha value is -0.670. The Bertz CT molecular complexity index is 304. The van der Waals surface area contributed by atoms with Gasteiger partial charge in [-0.25, -0.2) is 4.57 Å². The number of phosphoric ester groups is 1. The standard InChI is InChI=1S/C9H13O4P/c1-11-14(10,12-2)13-8-9-6-4-3-5-7-9/h3-7H,8H2,1-2H3. The minimum atomic E-state index is -3.35. The predicted octanol–water partition coefficient (Wildman–Crippen LogP) is 2.60. The number of hydrogen-bond acceptors (Lipinski definition) is 4. The van der Waals surface area contributed by atoms with Crippen molar-refractivity contribution in [2.45, 2.75) is 6.61 Å². The second-order valence-corrected chi connectivity index (χ2v) is 4.45. The van der Waals surface area contributed by atoms with E-state index in [2.05, 4.69) is 9.05 Å². The highest BCUT2D eigenvalue weighted by Crippen LogP contribution is 2.48. The van der Waals surface area contributed by atoms with Gasteiger partial charge in [-0.2, -0.15) is 0 Å². The molecule has 0 bridgehead atoms. The molecule has 5 heteroatoms. The van der Waals surface area contributed by atoms with Gasteiger partial charge in [0.1, 0.15) is 0 Å². The van der Waals surface area contributed by atoms with Gasteiger partial charge in [0.15, 0.2) is 0 Å². The first-order chi connectivity index (χ1) is 6.70. The molecule has 1 aromatic rings. The van der Waals surface area contributed by atoms with E-state index in [0.29, 0.717) is 0 Å². The summed E-state index contributed by atoms with van der Waals surface area (Å²) in [6.45, 7) is 0.208. The van der Waals surface area contributed by atoms with Crippen molar-refractivity contribution in [1.29, 1.82) is 0 Å². The quantitative estimate of drug-likeness (QED) is 0.709. The Morgan fingerprint density at radius 1 is 1.14 bits per heavy atom. The molecule has 14 heavy (non-hydrogen) atoms. The average Bonchev–Trinajstić information content (AvgIpc) is 2.27. The van der Waals surface area contributed by atoms with Crippen molar-refractivity contribution in [2.75, 3.05) is 14.2 Å². The summed E-state index contributed by atoms with van der Waals surface area (Å²) < 4.78 is 25.7. The highest BCUT2D eigenvalue weighted by Gasteiger charge is 2.22. The van der Waals surface area contributed by atoms with Gasteiger partial charge in [-0.05, 0) is 5.56 Å². The predicted molar refractivity (Wildman–Crippen MR) is 52.9 cm³/mol. The Kier molecular flexibility index (Phi) is 4.29. The Morgan fingerprint density at radius 2 is 1.71 bits per heavy atom. The summed E-state index contributed by atoms with van der Waals surface area (Å²) in [5, 5.41) is 0. The lowest BCUT2D eigenvalue weighted by molar-refractivity contribution is 0.146. The van der Waals surface area contributed by atoms with Crippen molar-refractivity contribution in [3.05, 3.63) is 35.9 Å². The van der Waals surface area contributed by atoms with Gasteiger partial charge in [0.05, 0.1) is 6.61 Å². The summed E-state index contributed by atoms with van der Waals surface area (Å²) >= 11 is 0. The zero-order valence-electron chi connectivity index (χ0n) is 8.17. The first kappa shape index (κ1) is 11.4. The summed E-state index contributed by atoms with van der Waals surface area (Å²) in [4.78, 5) is 0. The minimum absolute atomic E-state index is 0.208. The number of rotatable bonds is 5. The molecule has 0 saturated carbocycles. The SMILES string of the molecule is COP(=O)(OC)OCc1ccccc1. The van der Waals surface area contributed by atoms with Gasteiger partial charge in [0.2, 0.25) is 0 Å². The Balaban J connectivity index is 2.52. The largest absolute Gasteiger partial charge is 0.474 e. The fraction of sp³-hybridized carbons (Fsp3) is 0.333. The second-order valence-electron chi connectivity index (χ2n) is 2.57. The lowest BCUT2D eigenvalue weighted by Crippen LogP contribution is -1.95. The summed E-state index contributed by atoms with van der Waals surface area (Å²) in [5.74, 6) is 0. The third-order valence-corrected chi connectivity index (χ3v) is 3.02. The van der Waals surface area contributed by atoms with Crippen LogP contribution in [0.2, 0.25) is 0 Å². The molecule has 0 saturated heterocycles. The van der Waals surface area contributed by atoms with Crippen LogP contribution >= 0.6 is 7.82 Å². The monoisotopic (exact) mass is 216 g/mol. The van der Waals surface area contributed by atoms with Gasteiger partial charge >= 0.3 is 7.82 Å². The van der Waals surface area contributed by atoms with E-state index in [-0.39, 0.29) is 6.61 Å². The second kappa shape index (κ2) is 5.27. The van der Waals surface area contributed by atoms with E-state index < -0.39 is 7.82 Å². The van der Waals surface area contributed by atoms with E-state index in [1.807, 2.05) is 30.3 Å². The number of hydrogen-bond donors (Lipinski definition) is 0. The van der Waals surface area contributed by atoms with Crippen LogP contribution in [-0.4, -0.2) is 14.2 Å². The van der Waals surface area contributed by atoms with Gasteiger partial charge in [-0.1, -0.05) is 30.3 Å². The van der Waals surface area contributed by atoms with Crippen molar-refractivity contribution in [3.63, 3.8) is 0 Å². The summed E-state index contributed by atoms with van der Waals surface area (Å²) in [6.07, 6.45) is 0. The third kappa shape index (κ3) is 3.24. The van der Waals surface area contributed by atoms with Crippen LogP contribution in [0.15, 0.2) is 30.3 Å². The molecule has 78 valence electrons. The molecule has 0 N–H and O–H groups in total. The molecule has 0 atom stereocenters. The highest BCUT2D eigenvalue weighted by molar-refractivity contribution is 7.48. The van der Waals surface area contributed by atoms with Crippen molar-refractivity contribution >= 4 is 7.82 Å². The molecule has 0 amide bonds. The number of benzene rings is 1. The van der Waals surface area contributed by atoms with Gasteiger partial charge < -0.3 is 0 Å². The minimum Gasteiger partial charge on any atom is -0.290 e. The van der Waals surface area contributed by atoms with Crippen molar-refractivity contribution < 1.29 is 18.1 Å². The molecule has 0 aromatic heterocycles. The molecule has 0 unspecified atom stereocenters. The summed E-state index contributed by atoms with van der Waals surface area (Å²) in [5.41, 5.74) is 0.918. The Morgan fingerprint density at radius 3 is 2.21 bits per heavy atom. The maximum atomic E-state index is 11.5. The van der Waals surface area contributed by atoms with Gasteiger partial charge in [0, 0.05) is 14.2 Å². The van der Waals surface area contributed by atoms with Gasteiger partial charge in [-0.3, -0.25) is 13.6 Å². The lowest BCUT2D eigenvalue weighted by atomic mass is 10.2. The van der Waals surface area contributed by atoms with E-state index in [0.717, 1.165) is 5.56 Å². The molecule has 0 aliphatic carbocycles. The molecule has 0 aliphatic heterocycles. The Labute approximate surface area is 83.4 Å². The lowest BCUT2D eigenvalue weighted by Gasteiger charge is -2.12. The van der Waals surface area contributed by atoms with Gasteiger partial charge in [-0.15, -0.1) is 0 Å². The molecular weight excluding hydrogens is 203 g/mol. The van der Waals surface area contributed by atoms with E-state index >= 15 is 0 Å². The molecule has 1 aromatic carbocycles. The maximum Gasteiger partial charge on any atom is 0.474 e. The first-order valence-electron chi connectivity index (χ1n) is 4.10. The molecule has 1 rings (SSSR count). The van der Waals surface area contributed by atoms with Crippen LogP contribution in [0, 0.1) is 0 Å². The van der Waals surface area contributed by atoms with Gasteiger partial charge in [0.25, 0.3) is 0 Å². The molecule has 0 fully saturated rings. The van der Waals surface area contributed by atoms with E-state index in [1.54, 1.807) is 0 Å². The third-order valence-electron chi connectivity index (χ3n) is 1.68. The maximum absolute atomic E-state index is 11.5. The number of phosphoric acid groups is 1. The van der Waals surface area contributed by atoms with Crippen molar-refractivity contribution in [3.8, 4) is 0 Å². The van der Waals surface area contributed by atoms with Crippen LogP contribution in [0.25, 0.3) is 0 Å². The van der Waals surface area contributed by atoms with Crippen LogP contribution in [0.5, 0.6) is 0 Å². The van der Waals surface area contributed by atoms with Crippen LogP contribution in [-0.2, 0) is 24.7 Å². The van der Waals surface area contributed by atoms with E-state index in [1.165, 1.54) is 14.2 Å². The smallest absolute Gasteiger partial charge is 0.290 e. The molecule has 4 nitrogen and oxygen atoms in total. The van der Waals surface area contributed by atoms with E-state index in [9.17, 15) is 4.57 Å². The van der Waals surface area contributed by atoms with Crippen molar-refractivity contribution in [2.24, 2.45) is 0 Å². The fourth-order valence-electron chi connectivity index (χ4n) is 0.908. The van der Waals surface area contributed by atoms with Crippen LogP contribution < -0.4 is 0 Å².